The molecule has 12 rings (SSSR count). The first kappa shape index (κ1) is 36.6. The summed E-state index contributed by atoms with van der Waals surface area (Å²) in [7, 11) is 0. The molecule has 0 N–H and O–H groups in total. The molecule has 1 aliphatic carbocycles. The van der Waals surface area contributed by atoms with Gasteiger partial charge in [0.15, 0.2) is 23.0 Å². The highest BCUT2D eigenvalue weighted by Gasteiger charge is 2.48. The van der Waals surface area contributed by atoms with Gasteiger partial charge in [0, 0.05) is 28.9 Å². The molecule has 1 aromatic heterocycles. The van der Waals surface area contributed by atoms with Crippen molar-refractivity contribution in [2.45, 2.75) is 11.5 Å². The van der Waals surface area contributed by atoms with E-state index >= 15 is 0 Å². The lowest BCUT2D eigenvalue weighted by atomic mass is 9.68. The molecular weight excluding hydrogens is 771 g/mol. The smallest absolute Gasteiger partial charge is 0.178 e. The van der Waals surface area contributed by atoms with Gasteiger partial charge in [-0.2, -0.15) is 0 Å². The second-order valence-electron chi connectivity index (χ2n) is 16.0. The van der Waals surface area contributed by atoms with E-state index in [1.165, 1.54) is 16.7 Å². The van der Waals surface area contributed by atoms with Crippen LogP contribution in [0.25, 0.3) is 44.5 Å². The summed E-state index contributed by atoms with van der Waals surface area (Å²) in [5.41, 5.74) is 14.1. The Morgan fingerprint density at radius 1 is 0.460 bits per heavy atom. The third-order valence-corrected chi connectivity index (χ3v) is 12.4. The fourth-order valence-corrected chi connectivity index (χ4v) is 9.63. The number of benzene rings is 8. The van der Waals surface area contributed by atoms with Crippen molar-refractivity contribution in [3.63, 3.8) is 0 Å². The molecular formula is C58H38N3O2-. The van der Waals surface area contributed by atoms with Gasteiger partial charge in [-0.05, 0) is 92.2 Å². The van der Waals surface area contributed by atoms with Crippen LogP contribution in [0.1, 0.15) is 45.0 Å². The largest absolute Gasteiger partial charge is 0.454 e. The minimum Gasteiger partial charge on any atom is -0.454 e. The number of hydrogen-bond acceptors (Lipinski definition) is 4. The van der Waals surface area contributed by atoms with E-state index in [0.717, 1.165) is 61.5 Å². The van der Waals surface area contributed by atoms with Crippen LogP contribution < -0.4 is 9.47 Å². The Kier molecular flexibility index (Phi) is 8.71. The van der Waals surface area contributed by atoms with E-state index in [0.29, 0.717) is 28.8 Å². The lowest BCUT2D eigenvalue weighted by Gasteiger charge is -2.34. The minimum absolute atomic E-state index is 0.225. The number of amidine groups is 1. The minimum atomic E-state index is -0.558. The summed E-state index contributed by atoms with van der Waals surface area (Å²) in [6, 6.07) is 73.7. The van der Waals surface area contributed by atoms with E-state index in [-0.39, 0.29) is 6.04 Å². The molecule has 0 radical (unpaired) electrons. The molecule has 5 heteroatoms. The maximum atomic E-state index is 7.22. The van der Waals surface area contributed by atoms with Crippen LogP contribution in [0, 0.1) is 0 Å². The van der Waals surface area contributed by atoms with Crippen LogP contribution in [0.5, 0.6) is 23.0 Å². The van der Waals surface area contributed by atoms with Gasteiger partial charge < -0.3 is 19.8 Å². The van der Waals surface area contributed by atoms with E-state index in [9.17, 15) is 0 Å². The Morgan fingerprint density at radius 3 is 1.87 bits per heavy atom. The van der Waals surface area contributed by atoms with Crippen molar-refractivity contribution < 1.29 is 9.47 Å². The summed E-state index contributed by atoms with van der Waals surface area (Å²) in [6.07, 6.45) is 3.97. The monoisotopic (exact) mass is 808 g/mol. The van der Waals surface area contributed by atoms with E-state index in [2.05, 4.69) is 181 Å². The van der Waals surface area contributed by atoms with Crippen molar-refractivity contribution >= 4 is 11.5 Å². The molecule has 5 nitrogen and oxygen atoms in total. The summed E-state index contributed by atoms with van der Waals surface area (Å²) in [5, 5.41) is 5.20. The van der Waals surface area contributed by atoms with E-state index in [1.54, 1.807) is 0 Å². The van der Waals surface area contributed by atoms with E-state index < -0.39 is 5.41 Å². The van der Waals surface area contributed by atoms with E-state index in [1.807, 2.05) is 48.7 Å². The molecule has 0 spiro atoms. The Bertz CT molecular complexity index is 3210. The van der Waals surface area contributed by atoms with Gasteiger partial charge in [0.2, 0.25) is 0 Å². The molecule has 298 valence electrons. The maximum Gasteiger partial charge on any atom is 0.178 e. The quantitative estimate of drug-likeness (QED) is 0.161. The topological polar surface area (TPSA) is 57.8 Å². The van der Waals surface area contributed by atoms with Crippen LogP contribution in [0.15, 0.2) is 230 Å². The molecule has 1 atom stereocenters. The molecule has 0 amide bonds. The molecule has 63 heavy (non-hydrogen) atoms. The zero-order chi connectivity index (χ0) is 41.7. The second-order valence-corrected chi connectivity index (χ2v) is 16.0. The number of aromatic nitrogens is 1. The summed E-state index contributed by atoms with van der Waals surface area (Å²) in [4.78, 5) is 9.84. The number of fused-ring (bicyclic) bond motifs is 6. The van der Waals surface area contributed by atoms with Gasteiger partial charge in [0.1, 0.15) is 0 Å². The molecule has 0 saturated heterocycles. The van der Waals surface area contributed by atoms with Crippen LogP contribution in [0.2, 0.25) is 0 Å². The number of aliphatic imine (C=N–C) groups is 1. The lowest BCUT2D eigenvalue weighted by Crippen LogP contribution is -2.28. The molecule has 0 saturated carbocycles. The SMILES string of the molecule is C1=C(c2cccc(-c3cccc4c3Oc3c(ccc5c3-c3ccccc3C5(c3ccccc3)c3ccccc3)O4)c2)N=C(c2cccc(-c3ccccn3)c2)[N-]C1c1ccccc1. The van der Waals surface area contributed by atoms with Crippen LogP contribution in [0.3, 0.4) is 0 Å². The van der Waals surface area contributed by atoms with Crippen molar-refractivity contribution in [2.75, 3.05) is 0 Å². The zero-order valence-corrected chi connectivity index (χ0v) is 34.1. The van der Waals surface area contributed by atoms with Gasteiger partial charge in [0.05, 0.1) is 11.1 Å². The summed E-state index contributed by atoms with van der Waals surface area (Å²) in [6.45, 7) is 0. The van der Waals surface area contributed by atoms with Crippen LogP contribution in [-0.4, -0.2) is 10.8 Å². The number of para-hydroxylation sites is 1. The highest BCUT2D eigenvalue weighted by atomic mass is 16.6. The fourth-order valence-electron chi connectivity index (χ4n) is 9.63. The van der Waals surface area contributed by atoms with Crippen molar-refractivity contribution in [1.82, 2.24) is 4.98 Å². The van der Waals surface area contributed by atoms with Gasteiger partial charge in [0.25, 0.3) is 0 Å². The Labute approximate surface area is 366 Å². The molecule has 0 bridgehead atoms. The number of pyridine rings is 1. The van der Waals surface area contributed by atoms with Crippen molar-refractivity contribution in [2.24, 2.45) is 4.99 Å². The Morgan fingerprint density at radius 2 is 1.10 bits per heavy atom. The fraction of sp³-hybridized carbons (Fsp3) is 0.0345. The molecule has 0 fully saturated rings. The van der Waals surface area contributed by atoms with Crippen molar-refractivity contribution in [3.05, 3.63) is 269 Å². The first-order valence-electron chi connectivity index (χ1n) is 21.3. The summed E-state index contributed by atoms with van der Waals surface area (Å²) >= 11 is 0. The van der Waals surface area contributed by atoms with Crippen molar-refractivity contribution in [1.29, 1.82) is 0 Å². The molecule has 3 heterocycles. The maximum absolute atomic E-state index is 7.22. The van der Waals surface area contributed by atoms with Crippen LogP contribution in [0.4, 0.5) is 0 Å². The normalized spacial score (nSPS) is 15.2. The molecule has 9 aromatic rings. The second kappa shape index (κ2) is 15.0. The Hall–Kier alpha value is -8.28. The summed E-state index contributed by atoms with van der Waals surface area (Å²) < 4.78 is 14.0. The molecule has 3 aliphatic rings. The third kappa shape index (κ3) is 6.08. The van der Waals surface area contributed by atoms with Crippen LogP contribution in [-0.2, 0) is 5.41 Å². The highest BCUT2D eigenvalue weighted by Crippen LogP contribution is 2.63. The number of ether oxygens (including phenoxy) is 2. The van der Waals surface area contributed by atoms with Gasteiger partial charge in [-0.15, -0.1) is 0 Å². The highest BCUT2D eigenvalue weighted by molar-refractivity contribution is 6.13. The molecule has 1 unspecified atom stereocenters. The molecule has 2 aliphatic heterocycles. The summed E-state index contributed by atoms with van der Waals surface area (Å²) in [5.74, 6) is 3.42. The average molecular weight is 809 g/mol. The van der Waals surface area contributed by atoms with Gasteiger partial charge in [-0.3, -0.25) is 4.98 Å². The first-order valence-corrected chi connectivity index (χ1v) is 21.3. The predicted molar refractivity (Wildman–Crippen MR) is 253 cm³/mol. The number of hydrogen-bond donors (Lipinski definition) is 0. The molecule has 8 aromatic carbocycles. The number of nitrogens with zero attached hydrogens (tertiary/aromatic N) is 3. The van der Waals surface area contributed by atoms with Gasteiger partial charge in [-0.1, -0.05) is 188 Å². The Balaban J connectivity index is 0.967. The van der Waals surface area contributed by atoms with Crippen molar-refractivity contribution in [3.8, 4) is 56.5 Å². The van der Waals surface area contributed by atoms with Crippen LogP contribution >= 0.6 is 0 Å². The standard InChI is InChI=1S/C58H38N3O2/c1-4-17-38(18-5-1)50-37-51(61-57(60-50)42-22-15-20-40(36-42)49-30-12-13-34-59-49)41-21-14-19-39(35-41)45-28-16-31-52-55(45)63-56-53(62-52)33-32-48-54(56)46-27-10-11-29-47(46)58(48,43-23-6-2-7-24-43)44-25-8-3-9-26-44/h1-37,50H/q-1. The van der Waals surface area contributed by atoms with Gasteiger partial charge >= 0.3 is 0 Å². The first-order chi connectivity index (χ1) is 31.2. The zero-order valence-electron chi connectivity index (χ0n) is 34.1. The third-order valence-electron chi connectivity index (χ3n) is 12.4. The van der Waals surface area contributed by atoms with Gasteiger partial charge in [-0.25, -0.2) is 0 Å². The predicted octanol–water partition coefficient (Wildman–Crippen LogP) is 14.6. The average Bonchev–Trinajstić information content (AvgIpc) is 3.68. The van der Waals surface area contributed by atoms with E-state index in [4.69, 9.17) is 19.8 Å². The lowest BCUT2D eigenvalue weighted by molar-refractivity contribution is 0.361. The number of rotatable bonds is 7.